The van der Waals surface area contributed by atoms with E-state index in [2.05, 4.69) is 5.92 Å². The average molecular weight is 160 g/mol. The molecule has 1 aromatic carbocycles. The largest absolute Gasteiger partial charge is 0.478 e. The minimum Gasteiger partial charge on any atom is -0.478 e. The first-order valence-corrected chi connectivity index (χ1v) is 3.45. The Morgan fingerprint density at radius 1 is 1.58 bits per heavy atom. The molecular formula is C10H8O2. The number of hydrogen-bond acceptors (Lipinski definition) is 1. The number of aromatic carboxylic acids is 1. The first kappa shape index (κ1) is 8.35. The van der Waals surface area contributed by atoms with E-state index in [0.29, 0.717) is 5.56 Å². The third-order valence-electron chi connectivity index (χ3n) is 1.56. The van der Waals surface area contributed by atoms with E-state index in [4.69, 9.17) is 11.5 Å². The van der Waals surface area contributed by atoms with Gasteiger partial charge in [-0.05, 0) is 24.6 Å². The number of rotatable bonds is 1. The highest BCUT2D eigenvalue weighted by Gasteiger charge is 2.06. The Hall–Kier alpha value is -1.75. The smallest absolute Gasteiger partial charge is 0.336 e. The fourth-order valence-corrected chi connectivity index (χ4v) is 0.964. The summed E-state index contributed by atoms with van der Waals surface area (Å²) in [5, 5.41) is 8.69. The Labute approximate surface area is 70.8 Å². The lowest BCUT2D eigenvalue weighted by Crippen LogP contribution is -1.99. The Balaban J connectivity index is 3.32. The Kier molecular flexibility index (Phi) is 2.16. The quantitative estimate of drug-likeness (QED) is 0.634. The molecule has 0 amide bonds. The minimum atomic E-state index is -0.983. The number of benzene rings is 1. The third-order valence-corrected chi connectivity index (χ3v) is 1.56. The lowest BCUT2D eigenvalue weighted by atomic mass is 10.1. The van der Waals surface area contributed by atoms with Gasteiger partial charge in [-0.15, -0.1) is 6.42 Å². The van der Waals surface area contributed by atoms with Gasteiger partial charge in [0.1, 0.15) is 0 Å². The average Bonchev–Trinajstić information content (AvgIpc) is 2.03. The number of carbonyl (C=O) groups is 1. The number of terminal acetylenes is 1. The molecule has 12 heavy (non-hydrogen) atoms. The van der Waals surface area contributed by atoms with E-state index in [1.54, 1.807) is 12.1 Å². The second kappa shape index (κ2) is 3.10. The van der Waals surface area contributed by atoms with Crippen molar-refractivity contribution in [2.75, 3.05) is 0 Å². The highest BCUT2D eigenvalue weighted by Crippen LogP contribution is 2.10. The number of carboxylic acid groups (broad SMARTS) is 1. The van der Waals surface area contributed by atoms with Crippen LogP contribution in [0.15, 0.2) is 18.2 Å². The Morgan fingerprint density at radius 3 is 2.75 bits per heavy atom. The molecule has 1 rings (SSSR count). The van der Waals surface area contributed by atoms with E-state index in [-0.39, 0.29) is 5.56 Å². The van der Waals surface area contributed by atoms with Crippen LogP contribution in [0.2, 0.25) is 0 Å². The molecule has 2 nitrogen and oxygen atoms in total. The summed E-state index contributed by atoms with van der Waals surface area (Å²) < 4.78 is 0. The maximum absolute atomic E-state index is 10.6. The van der Waals surface area contributed by atoms with Crippen LogP contribution in [0.25, 0.3) is 0 Å². The summed E-state index contributed by atoms with van der Waals surface area (Å²) in [5.41, 5.74) is 1.58. The number of carboxylic acids is 1. The molecule has 60 valence electrons. The highest BCUT2D eigenvalue weighted by atomic mass is 16.4. The van der Waals surface area contributed by atoms with Crippen LogP contribution in [0, 0.1) is 19.3 Å². The van der Waals surface area contributed by atoms with Gasteiger partial charge in [-0.2, -0.15) is 0 Å². The van der Waals surface area contributed by atoms with Crippen molar-refractivity contribution in [3.8, 4) is 12.3 Å². The van der Waals surface area contributed by atoms with Crippen molar-refractivity contribution < 1.29 is 9.90 Å². The molecule has 0 saturated heterocycles. The van der Waals surface area contributed by atoms with Crippen LogP contribution >= 0.6 is 0 Å². The van der Waals surface area contributed by atoms with Gasteiger partial charge in [0, 0.05) is 5.56 Å². The zero-order valence-corrected chi connectivity index (χ0v) is 6.66. The Morgan fingerprint density at radius 2 is 2.25 bits per heavy atom. The van der Waals surface area contributed by atoms with Crippen molar-refractivity contribution in [2.45, 2.75) is 6.92 Å². The molecule has 0 radical (unpaired) electrons. The zero-order valence-electron chi connectivity index (χ0n) is 6.66. The van der Waals surface area contributed by atoms with Crippen molar-refractivity contribution in [2.24, 2.45) is 0 Å². The van der Waals surface area contributed by atoms with Crippen LogP contribution in [-0.2, 0) is 0 Å². The standard InChI is InChI=1S/C10H8O2/c1-3-8-6-7(2)4-5-9(8)10(11)12/h1,4-6H,2H3,(H,11,12). The van der Waals surface area contributed by atoms with Gasteiger partial charge in [-0.1, -0.05) is 12.0 Å². The van der Waals surface area contributed by atoms with Crippen LogP contribution in [0.1, 0.15) is 21.5 Å². The lowest BCUT2D eigenvalue weighted by molar-refractivity contribution is 0.0696. The molecular weight excluding hydrogens is 152 g/mol. The summed E-state index contributed by atoms with van der Waals surface area (Å²) in [5.74, 6) is 1.35. The summed E-state index contributed by atoms with van der Waals surface area (Å²) in [6, 6.07) is 4.93. The van der Waals surface area contributed by atoms with E-state index >= 15 is 0 Å². The van der Waals surface area contributed by atoms with Crippen LogP contribution < -0.4 is 0 Å². The topological polar surface area (TPSA) is 37.3 Å². The first-order valence-electron chi connectivity index (χ1n) is 3.45. The molecule has 0 unspecified atom stereocenters. The van der Waals surface area contributed by atoms with Gasteiger partial charge in [-0.3, -0.25) is 0 Å². The van der Waals surface area contributed by atoms with Crippen LogP contribution in [0.3, 0.4) is 0 Å². The molecule has 0 aliphatic carbocycles. The molecule has 0 atom stereocenters. The maximum Gasteiger partial charge on any atom is 0.336 e. The molecule has 0 aliphatic rings. The van der Waals surface area contributed by atoms with E-state index < -0.39 is 5.97 Å². The van der Waals surface area contributed by atoms with Gasteiger partial charge >= 0.3 is 5.97 Å². The van der Waals surface area contributed by atoms with E-state index in [9.17, 15) is 4.79 Å². The molecule has 0 heterocycles. The molecule has 0 spiro atoms. The van der Waals surface area contributed by atoms with Crippen molar-refractivity contribution in [3.05, 3.63) is 34.9 Å². The van der Waals surface area contributed by atoms with Crippen molar-refractivity contribution in [1.29, 1.82) is 0 Å². The summed E-state index contributed by atoms with van der Waals surface area (Å²) in [4.78, 5) is 10.6. The van der Waals surface area contributed by atoms with Gasteiger partial charge in [0.25, 0.3) is 0 Å². The van der Waals surface area contributed by atoms with Gasteiger partial charge in [0.15, 0.2) is 0 Å². The molecule has 0 saturated carbocycles. The number of hydrogen-bond donors (Lipinski definition) is 1. The van der Waals surface area contributed by atoms with E-state index in [1.807, 2.05) is 6.92 Å². The van der Waals surface area contributed by atoms with Crippen LogP contribution in [-0.4, -0.2) is 11.1 Å². The molecule has 1 N–H and O–H groups in total. The second-order valence-electron chi connectivity index (χ2n) is 2.50. The normalized spacial score (nSPS) is 9.00. The van der Waals surface area contributed by atoms with E-state index in [0.717, 1.165) is 5.56 Å². The Bertz CT molecular complexity index is 359. The van der Waals surface area contributed by atoms with Gasteiger partial charge in [0.05, 0.1) is 5.56 Å². The molecule has 2 heteroatoms. The van der Waals surface area contributed by atoms with Gasteiger partial charge in [0.2, 0.25) is 0 Å². The van der Waals surface area contributed by atoms with Crippen LogP contribution in [0.4, 0.5) is 0 Å². The highest BCUT2D eigenvalue weighted by molar-refractivity contribution is 5.90. The van der Waals surface area contributed by atoms with Crippen molar-refractivity contribution >= 4 is 5.97 Å². The fourth-order valence-electron chi connectivity index (χ4n) is 0.964. The van der Waals surface area contributed by atoms with Gasteiger partial charge < -0.3 is 5.11 Å². The monoisotopic (exact) mass is 160 g/mol. The lowest BCUT2D eigenvalue weighted by Gasteiger charge is -1.99. The molecule has 0 aliphatic heterocycles. The SMILES string of the molecule is C#Cc1cc(C)ccc1C(=O)O. The van der Waals surface area contributed by atoms with Gasteiger partial charge in [-0.25, -0.2) is 4.79 Å². The maximum atomic E-state index is 10.6. The minimum absolute atomic E-state index is 0.183. The molecule has 1 aromatic rings. The summed E-state index contributed by atoms with van der Waals surface area (Å²) in [6.07, 6.45) is 5.14. The molecule has 0 bridgehead atoms. The van der Waals surface area contributed by atoms with E-state index in [1.165, 1.54) is 6.07 Å². The predicted molar refractivity (Wildman–Crippen MR) is 46.1 cm³/mol. The molecule has 0 aromatic heterocycles. The first-order chi connectivity index (χ1) is 5.65. The summed E-state index contributed by atoms with van der Waals surface area (Å²) in [7, 11) is 0. The van der Waals surface area contributed by atoms with Crippen molar-refractivity contribution in [1.82, 2.24) is 0 Å². The van der Waals surface area contributed by atoms with Crippen molar-refractivity contribution in [3.63, 3.8) is 0 Å². The summed E-state index contributed by atoms with van der Waals surface area (Å²) >= 11 is 0. The fraction of sp³-hybridized carbons (Fsp3) is 0.100. The third kappa shape index (κ3) is 1.46. The zero-order chi connectivity index (χ0) is 9.14. The second-order valence-corrected chi connectivity index (χ2v) is 2.50. The van der Waals surface area contributed by atoms with Crippen LogP contribution in [0.5, 0.6) is 0 Å². The summed E-state index contributed by atoms with van der Waals surface area (Å²) in [6.45, 7) is 1.87. The predicted octanol–water partition coefficient (Wildman–Crippen LogP) is 1.67. The number of aryl methyl sites for hydroxylation is 1. The molecule has 0 fully saturated rings.